The Bertz CT molecular complexity index is 88.1. The number of quaternary nitrogens is 1. The molecule has 0 radical (unpaired) electrons. The predicted molar refractivity (Wildman–Crippen MR) is 52.7 cm³/mol. The van der Waals surface area contributed by atoms with Crippen LogP contribution in [0.4, 0.5) is 0 Å². The SMILES string of the molecule is CC(C)(C)SCC([NH3+])CS. The monoisotopic (exact) mass is 180 g/mol. The lowest BCUT2D eigenvalue weighted by Crippen LogP contribution is -2.63. The summed E-state index contributed by atoms with van der Waals surface area (Å²) in [6.07, 6.45) is 0. The van der Waals surface area contributed by atoms with Crippen LogP contribution in [0, 0.1) is 0 Å². The topological polar surface area (TPSA) is 27.6 Å². The molecule has 0 heterocycles. The zero-order valence-corrected chi connectivity index (χ0v) is 8.77. The highest BCUT2D eigenvalue weighted by atomic mass is 32.2. The molecule has 10 heavy (non-hydrogen) atoms. The van der Waals surface area contributed by atoms with E-state index < -0.39 is 0 Å². The molecular formula is C7H18NS2+. The van der Waals surface area contributed by atoms with E-state index in [1.54, 1.807) is 0 Å². The summed E-state index contributed by atoms with van der Waals surface area (Å²) in [6, 6.07) is 0.493. The van der Waals surface area contributed by atoms with Crippen molar-refractivity contribution in [2.45, 2.75) is 31.6 Å². The number of hydrogen-bond acceptors (Lipinski definition) is 2. The zero-order valence-electron chi connectivity index (χ0n) is 7.05. The van der Waals surface area contributed by atoms with Crippen molar-refractivity contribution >= 4 is 24.4 Å². The highest BCUT2D eigenvalue weighted by Gasteiger charge is 2.13. The average Bonchev–Trinajstić information content (AvgIpc) is 1.81. The summed E-state index contributed by atoms with van der Waals surface area (Å²) >= 11 is 6.12. The summed E-state index contributed by atoms with van der Waals surface area (Å²) in [7, 11) is 0. The lowest BCUT2D eigenvalue weighted by atomic mass is 10.3. The van der Waals surface area contributed by atoms with Crippen LogP contribution in [0.1, 0.15) is 20.8 Å². The molecule has 0 aliphatic carbocycles. The Labute approximate surface area is 73.5 Å². The van der Waals surface area contributed by atoms with Crippen LogP contribution in [0.25, 0.3) is 0 Å². The van der Waals surface area contributed by atoms with Crippen molar-refractivity contribution in [3.8, 4) is 0 Å². The van der Waals surface area contributed by atoms with Gasteiger partial charge in [0.05, 0.1) is 0 Å². The third kappa shape index (κ3) is 6.78. The van der Waals surface area contributed by atoms with E-state index in [0.717, 1.165) is 11.5 Å². The van der Waals surface area contributed by atoms with Crippen molar-refractivity contribution in [1.29, 1.82) is 0 Å². The Balaban J connectivity index is 3.36. The van der Waals surface area contributed by atoms with Gasteiger partial charge < -0.3 is 5.73 Å². The molecule has 0 aromatic heterocycles. The van der Waals surface area contributed by atoms with Gasteiger partial charge in [-0.15, -0.1) is 11.8 Å². The molecule has 0 rings (SSSR count). The van der Waals surface area contributed by atoms with Crippen molar-refractivity contribution in [2.24, 2.45) is 0 Å². The van der Waals surface area contributed by atoms with Crippen molar-refractivity contribution in [1.82, 2.24) is 0 Å². The van der Waals surface area contributed by atoms with E-state index in [-0.39, 0.29) is 0 Å². The smallest absolute Gasteiger partial charge is 0.102 e. The molecule has 62 valence electrons. The molecular weight excluding hydrogens is 162 g/mol. The van der Waals surface area contributed by atoms with E-state index in [1.165, 1.54) is 0 Å². The molecule has 0 saturated carbocycles. The first-order chi connectivity index (χ1) is 4.45. The minimum atomic E-state index is 0.374. The number of thioether (sulfide) groups is 1. The van der Waals surface area contributed by atoms with Crippen LogP contribution < -0.4 is 5.73 Å². The third-order valence-corrected chi connectivity index (χ3v) is 3.03. The van der Waals surface area contributed by atoms with Crippen LogP contribution in [0.2, 0.25) is 0 Å². The van der Waals surface area contributed by atoms with E-state index in [0.29, 0.717) is 10.8 Å². The second kappa shape index (κ2) is 4.52. The quantitative estimate of drug-likeness (QED) is 0.625. The van der Waals surface area contributed by atoms with Crippen LogP contribution in [0.3, 0.4) is 0 Å². The predicted octanol–water partition coefficient (Wildman–Crippen LogP) is 1.06. The molecule has 1 nitrogen and oxygen atoms in total. The largest absolute Gasteiger partial charge is 0.354 e. The Kier molecular flexibility index (Phi) is 4.82. The molecule has 0 saturated heterocycles. The van der Waals surface area contributed by atoms with Crippen LogP contribution >= 0.6 is 24.4 Å². The van der Waals surface area contributed by atoms with E-state index in [9.17, 15) is 0 Å². The molecule has 3 N–H and O–H groups in total. The molecule has 1 atom stereocenters. The van der Waals surface area contributed by atoms with Crippen LogP contribution in [0.15, 0.2) is 0 Å². The highest BCUT2D eigenvalue weighted by molar-refractivity contribution is 8.00. The molecule has 0 aliphatic rings. The number of thiol groups is 1. The van der Waals surface area contributed by atoms with E-state index in [4.69, 9.17) is 0 Å². The maximum Gasteiger partial charge on any atom is 0.102 e. The van der Waals surface area contributed by atoms with Gasteiger partial charge in [0.1, 0.15) is 6.04 Å². The molecule has 1 unspecified atom stereocenters. The lowest BCUT2D eigenvalue weighted by molar-refractivity contribution is -0.404. The molecule has 0 spiro atoms. The molecule has 3 heteroatoms. The summed E-state index contributed by atoms with van der Waals surface area (Å²) in [4.78, 5) is 0. The van der Waals surface area contributed by atoms with Gasteiger partial charge in [-0.3, -0.25) is 0 Å². The Morgan fingerprint density at radius 2 is 2.00 bits per heavy atom. The molecule has 0 aromatic rings. The van der Waals surface area contributed by atoms with Gasteiger partial charge in [-0.05, 0) is 0 Å². The van der Waals surface area contributed by atoms with Gasteiger partial charge >= 0.3 is 0 Å². The van der Waals surface area contributed by atoms with Crippen LogP contribution in [-0.4, -0.2) is 22.3 Å². The van der Waals surface area contributed by atoms with Gasteiger partial charge in [0.15, 0.2) is 0 Å². The van der Waals surface area contributed by atoms with Gasteiger partial charge in [-0.25, -0.2) is 0 Å². The van der Waals surface area contributed by atoms with E-state index in [2.05, 4.69) is 39.1 Å². The first-order valence-electron chi connectivity index (χ1n) is 3.53. The molecule has 0 fully saturated rings. The summed E-state index contributed by atoms with van der Waals surface area (Å²) < 4.78 is 0.374. The second-order valence-electron chi connectivity index (χ2n) is 3.47. The van der Waals surface area contributed by atoms with Gasteiger partial charge in [0.25, 0.3) is 0 Å². The van der Waals surface area contributed by atoms with Gasteiger partial charge in [0.2, 0.25) is 0 Å². The normalized spacial score (nSPS) is 15.3. The fourth-order valence-electron chi connectivity index (χ4n) is 0.421. The lowest BCUT2D eigenvalue weighted by Gasteiger charge is -2.18. The van der Waals surface area contributed by atoms with Crippen molar-refractivity contribution in [3.63, 3.8) is 0 Å². The minimum Gasteiger partial charge on any atom is -0.354 e. The maximum atomic E-state index is 4.17. The van der Waals surface area contributed by atoms with Gasteiger partial charge in [-0.1, -0.05) is 20.8 Å². The van der Waals surface area contributed by atoms with Gasteiger partial charge in [0, 0.05) is 16.3 Å². The fraction of sp³-hybridized carbons (Fsp3) is 1.00. The minimum absolute atomic E-state index is 0.374. The van der Waals surface area contributed by atoms with Crippen molar-refractivity contribution < 1.29 is 5.73 Å². The van der Waals surface area contributed by atoms with E-state index >= 15 is 0 Å². The third-order valence-electron chi connectivity index (χ3n) is 1.01. The molecule has 0 bridgehead atoms. The molecule has 0 aromatic carbocycles. The average molecular weight is 180 g/mol. The first kappa shape index (κ1) is 10.7. The van der Waals surface area contributed by atoms with Crippen molar-refractivity contribution in [3.05, 3.63) is 0 Å². The molecule has 0 amide bonds. The Morgan fingerprint density at radius 1 is 1.50 bits per heavy atom. The zero-order chi connectivity index (χ0) is 8.20. The standard InChI is InChI=1S/C7H17NS2/c1-7(2,3)10-5-6(8)4-9/h6,9H,4-5,8H2,1-3H3/p+1. The van der Waals surface area contributed by atoms with Crippen LogP contribution in [0.5, 0.6) is 0 Å². The summed E-state index contributed by atoms with van der Waals surface area (Å²) in [6.45, 7) is 6.68. The van der Waals surface area contributed by atoms with E-state index in [1.807, 2.05) is 11.8 Å². The van der Waals surface area contributed by atoms with Crippen molar-refractivity contribution in [2.75, 3.05) is 11.5 Å². The number of hydrogen-bond donors (Lipinski definition) is 2. The Hall–Kier alpha value is 0.660. The number of rotatable bonds is 3. The summed E-state index contributed by atoms with van der Waals surface area (Å²) in [5, 5.41) is 0. The van der Waals surface area contributed by atoms with Gasteiger partial charge in [-0.2, -0.15) is 12.6 Å². The fourth-order valence-corrected chi connectivity index (χ4v) is 1.58. The van der Waals surface area contributed by atoms with Crippen LogP contribution in [-0.2, 0) is 0 Å². The first-order valence-corrected chi connectivity index (χ1v) is 5.15. The molecule has 0 aliphatic heterocycles. The summed E-state index contributed by atoms with van der Waals surface area (Å²) in [5.74, 6) is 2.01. The highest BCUT2D eigenvalue weighted by Crippen LogP contribution is 2.22. The second-order valence-corrected chi connectivity index (χ2v) is 5.68. The Morgan fingerprint density at radius 3 is 2.30 bits per heavy atom. The summed E-state index contributed by atoms with van der Waals surface area (Å²) in [5.41, 5.74) is 3.96. The maximum absolute atomic E-state index is 4.17.